The maximum absolute atomic E-state index is 11.8. The summed E-state index contributed by atoms with van der Waals surface area (Å²) in [5.74, 6) is -1.83. The van der Waals surface area contributed by atoms with E-state index in [9.17, 15) is 14.7 Å². The van der Waals surface area contributed by atoms with Gasteiger partial charge >= 0.3 is 11.8 Å². The highest BCUT2D eigenvalue weighted by molar-refractivity contribution is 6.40. The van der Waals surface area contributed by atoms with Crippen LogP contribution in [-0.4, -0.2) is 16.9 Å². The van der Waals surface area contributed by atoms with Gasteiger partial charge in [-0.2, -0.15) is 0 Å². The molecule has 3 N–H and O–H groups in total. The van der Waals surface area contributed by atoms with Gasteiger partial charge in [-0.05, 0) is 30.7 Å². The first-order chi connectivity index (χ1) is 10.5. The Morgan fingerprint density at radius 3 is 2.45 bits per heavy atom. The molecule has 0 unspecified atom stereocenters. The summed E-state index contributed by atoms with van der Waals surface area (Å²) in [5.41, 5.74) is 2.09. The summed E-state index contributed by atoms with van der Waals surface area (Å²) in [6.07, 6.45) is 0. The summed E-state index contributed by atoms with van der Waals surface area (Å²) < 4.78 is 0. The first kappa shape index (κ1) is 15.9. The monoisotopic (exact) mass is 318 g/mol. The zero-order chi connectivity index (χ0) is 16.1. The van der Waals surface area contributed by atoms with Gasteiger partial charge in [-0.3, -0.25) is 9.59 Å². The Balaban J connectivity index is 1.93. The highest BCUT2D eigenvalue weighted by Gasteiger charge is 2.15. The van der Waals surface area contributed by atoms with Crippen molar-refractivity contribution in [3.63, 3.8) is 0 Å². The Hall–Kier alpha value is -2.53. The number of rotatable bonds is 3. The van der Waals surface area contributed by atoms with Crippen molar-refractivity contribution in [1.29, 1.82) is 0 Å². The molecule has 0 aromatic heterocycles. The number of amides is 2. The normalized spacial score (nSPS) is 10.1. The lowest BCUT2D eigenvalue weighted by atomic mass is 10.1. The van der Waals surface area contributed by atoms with Crippen LogP contribution in [0.5, 0.6) is 5.75 Å². The number of hydrogen-bond acceptors (Lipinski definition) is 3. The second kappa shape index (κ2) is 6.95. The van der Waals surface area contributed by atoms with Gasteiger partial charge in [0.1, 0.15) is 5.75 Å². The van der Waals surface area contributed by atoms with E-state index in [1.165, 1.54) is 18.2 Å². The molecule has 0 heterocycles. The van der Waals surface area contributed by atoms with Crippen LogP contribution in [-0.2, 0) is 16.1 Å². The number of halogens is 1. The molecular weight excluding hydrogens is 304 g/mol. The molecule has 6 heteroatoms. The summed E-state index contributed by atoms with van der Waals surface area (Å²) in [7, 11) is 0. The summed E-state index contributed by atoms with van der Waals surface area (Å²) in [6.45, 7) is 2.21. The average Bonchev–Trinajstić information content (AvgIpc) is 2.50. The molecule has 22 heavy (non-hydrogen) atoms. The van der Waals surface area contributed by atoms with Crippen molar-refractivity contribution in [3.05, 3.63) is 58.6 Å². The molecule has 5 nitrogen and oxygen atoms in total. The molecule has 0 aliphatic rings. The van der Waals surface area contributed by atoms with Gasteiger partial charge in [0.15, 0.2) is 0 Å². The fraction of sp³-hybridized carbons (Fsp3) is 0.125. The molecule has 2 aromatic carbocycles. The molecule has 0 radical (unpaired) electrons. The van der Waals surface area contributed by atoms with Crippen molar-refractivity contribution in [3.8, 4) is 5.75 Å². The van der Waals surface area contributed by atoms with Crippen LogP contribution >= 0.6 is 11.6 Å². The van der Waals surface area contributed by atoms with Gasteiger partial charge in [0.2, 0.25) is 0 Å². The Labute approximate surface area is 132 Å². The molecule has 0 aliphatic carbocycles. The topological polar surface area (TPSA) is 78.4 Å². The standard InChI is InChI=1S/C16H15ClN2O3/c1-10-2-4-11(5-3-10)9-18-15(21)16(22)19-13-8-12(17)6-7-14(13)20/h2-8,20H,9H2,1H3,(H,18,21)(H,19,22). The van der Waals surface area contributed by atoms with Crippen molar-refractivity contribution in [2.24, 2.45) is 0 Å². The predicted octanol–water partition coefficient (Wildman–Crippen LogP) is 2.61. The zero-order valence-electron chi connectivity index (χ0n) is 11.9. The molecule has 0 fully saturated rings. The highest BCUT2D eigenvalue weighted by Crippen LogP contribution is 2.26. The number of hydrogen-bond donors (Lipinski definition) is 3. The Morgan fingerprint density at radius 1 is 1.09 bits per heavy atom. The molecule has 0 spiro atoms. The van der Waals surface area contributed by atoms with Gasteiger partial charge in [0, 0.05) is 11.6 Å². The van der Waals surface area contributed by atoms with Crippen LogP contribution in [0.2, 0.25) is 5.02 Å². The van der Waals surface area contributed by atoms with Crippen LogP contribution in [0.4, 0.5) is 5.69 Å². The van der Waals surface area contributed by atoms with Gasteiger partial charge in [-0.25, -0.2) is 0 Å². The minimum Gasteiger partial charge on any atom is -0.506 e. The number of carbonyl (C=O) groups is 2. The van der Waals surface area contributed by atoms with E-state index < -0.39 is 11.8 Å². The molecule has 0 saturated heterocycles. The van der Waals surface area contributed by atoms with Crippen LogP contribution in [0.1, 0.15) is 11.1 Å². The predicted molar refractivity (Wildman–Crippen MR) is 84.8 cm³/mol. The Morgan fingerprint density at radius 2 is 1.77 bits per heavy atom. The number of benzene rings is 2. The molecule has 2 rings (SSSR count). The van der Waals surface area contributed by atoms with Crippen molar-refractivity contribution in [2.75, 3.05) is 5.32 Å². The largest absolute Gasteiger partial charge is 0.506 e. The third-order valence-electron chi connectivity index (χ3n) is 2.99. The van der Waals surface area contributed by atoms with E-state index >= 15 is 0 Å². The minimum absolute atomic E-state index is 0.0861. The summed E-state index contributed by atoms with van der Waals surface area (Å²) in [5, 5.41) is 14.8. The lowest BCUT2D eigenvalue weighted by Crippen LogP contribution is -2.34. The van der Waals surface area contributed by atoms with Crippen LogP contribution in [0.15, 0.2) is 42.5 Å². The number of nitrogens with one attached hydrogen (secondary N) is 2. The van der Waals surface area contributed by atoms with Gasteiger partial charge in [0.25, 0.3) is 0 Å². The van der Waals surface area contributed by atoms with E-state index in [1.54, 1.807) is 0 Å². The Bertz CT molecular complexity index is 699. The van der Waals surface area contributed by atoms with Crippen molar-refractivity contribution < 1.29 is 14.7 Å². The van der Waals surface area contributed by atoms with Gasteiger partial charge < -0.3 is 15.7 Å². The Kier molecular flexibility index (Phi) is 5.01. The van der Waals surface area contributed by atoms with Gasteiger partial charge in [-0.15, -0.1) is 0 Å². The number of aromatic hydroxyl groups is 1. The second-order valence-electron chi connectivity index (χ2n) is 4.78. The van der Waals surface area contributed by atoms with Crippen LogP contribution < -0.4 is 10.6 Å². The maximum Gasteiger partial charge on any atom is 0.313 e. The van der Waals surface area contributed by atoms with Crippen LogP contribution in [0.3, 0.4) is 0 Å². The van der Waals surface area contributed by atoms with Crippen molar-refractivity contribution in [1.82, 2.24) is 5.32 Å². The molecule has 0 bridgehead atoms. The third kappa shape index (κ3) is 4.23. The lowest BCUT2D eigenvalue weighted by molar-refractivity contribution is -0.136. The molecule has 2 amide bonds. The van der Waals surface area contributed by atoms with E-state index in [-0.39, 0.29) is 18.0 Å². The van der Waals surface area contributed by atoms with Crippen molar-refractivity contribution in [2.45, 2.75) is 13.5 Å². The SMILES string of the molecule is Cc1ccc(CNC(=O)C(=O)Nc2cc(Cl)ccc2O)cc1. The van der Waals surface area contributed by atoms with E-state index in [0.29, 0.717) is 5.02 Å². The zero-order valence-corrected chi connectivity index (χ0v) is 12.6. The fourth-order valence-corrected chi connectivity index (χ4v) is 1.93. The van der Waals surface area contributed by atoms with E-state index in [4.69, 9.17) is 11.6 Å². The third-order valence-corrected chi connectivity index (χ3v) is 3.22. The summed E-state index contributed by atoms with van der Waals surface area (Å²) in [4.78, 5) is 23.5. The summed E-state index contributed by atoms with van der Waals surface area (Å²) in [6, 6.07) is 11.8. The van der Waals surface area contributed by atoms with Crippen LogP contribution in [0.25, 0.3) is 0 Å². The fourth-order valence-electron chi connectivity index (χ4n) is 1.76. The quantitative estimate of drug-likeness (QED) is 0.601. The molecule has 0 saturated carbocycles. The molecule has 0 atom stereocenters. The number of carbonyl (C=O) groups excluding carboxylic acids is 2. The minimum atomic E-state index is -0.871. The van der Waals surface area contributed by atoms with E-state index in [1.807, 2.05) is 31.2 Å². The number of anilines is 1. The van der Waals surface area contributed by atoms with E-state index in [0.717, 1.165) is 11.1 Å². The molecule has 2 aromatic rings. The smallest absolute Gasteiger partial charge is 0.313 e. The van der Waals surface area contributed by atoms with Gasteiger partial charge in [-0.1, -0.05) is 41.4 Å². The molecule has 0 aliphatic heterocycles. The summed E-state index contributed by atoms with van der Waals surface area (Å²) >= 11 is 5.77. The van der Waals surface area contributed by atoms with Crippen LogP contribution in [0, 0.1) is 6.92 Å². The first-order valence-corrected chi connectivity index (χ1v) is 6.97. The number of phenols is 1. The number of phenolic OH excluding ortho intramolecular Hbond substituents is 1. The van der Waals surface area contributed by atoms with Crippen molar-refractivity contribution >= 4 is 29.1 Å². The van der Waals surface area contributed by atoms with E-state index in [2.05, 4.69) is 10.6 Å². The molecular formula is C16H15ClN2O3. The molecule has 114 valence electrons. The highest BCUT2D eigenvalue weighted by atomic mass is 35.5. The lowest BCUT2D eigenvalue weighted by Gasteiger charge is -2.08. The maximum atomic E-state index is 11.8. The second-order valence-corrected chi connectivity index (χ2v) is 5.22. The van der Waals surface area contributed by atoms with Gasteiger partial charge in [0.05, 0.1) is 5.69 Å². The number of aryl methyl sites for hydroxylation is 1. The average molecular weight is 319 g/mol. The first-order valence-electron chi connectivity index (χ1n) is 6.59.